The standard InChI is InChI=1S/C16H18N6O2/c1-9-3-4-11(10(2)7-9)16(14(17)24)12(20-8-21-16)13(23)22-15-18-5-6-19-15/h3-8,12H,1-2H3,(H2,17,24)(H,20,21)(H2,18,19,22,23). The van der Waals surface area contributed by atoms with E-state index in [9.17, 15) is 9.59 Å². The van der Waals surface area contributed by atoms with E-state index >= 15 is 0 Å². The van der Waals surface area contributed by atoms with Gasteiger partial charge in [-0.2, -0.15) is 0 Å². The minimum Gasteiger partial charge on any atom is -0.367 e. The average Bonchev–Trinajstić information content (AvgIpc) is 3.16. The maximum Gasteiger partial charge on any atom is 0.254 e. The smallest absolute Gasteiger partial charge is 0.254 e. The van der Waals surface area contributed by atoms with Crippen LogP contribution in [0.25, 0.3) is 0 Å². The van der Waals surface area contributed by atoms with Gasteiger partial charge in [-0.1, -0.05) is 23.8 Å². The van der Waals surface area contributed by atoms with E-state index in [1.807, 2.05) is 26.0 Å². The third-order valence-corrected chi connectivity index (χ3v) is 4.11. The molecular formula is C16H18N6O2. The second-order valence-corrected chi connectivity index (χ2v) is 5.74. The molecule has 24 heavy (non-hydrogen) atoms. The van der Waals surface area contributed by atoms with Crippen LogP contribution in [0.3, 0.4) is 0 Å². The molecule has 0 aliphatic carbocycles. The van der Waals surface area contributed by atoms with Gasteiger partial charge in [-0.05, 0) is 25.0 Å². The molecule has 0 fully saturated rings. The summed E-state index contributed by atoms with van der Waals surface area (Å²) in [6.45, 7) is 3.82. The fourth-order valence-corrected chi connectivity index (χ4v) is 3.01. The van der Waals surface area contributed by atoms with Gasteiger partial charge in [-0.3, -0.25) is 19.9 Å². The number of H-pyrrole nitrogens is 1. The minimum absolute atomic E-state index is 0.279. The first-order valence-corrected chi connectivity index (χ1v) is 7.42. The number of carbonyl (C=O) groups excluding carboxylic acids is 2. The molecule has 2 amide bonds. The van der Waals surface area contributed by atoms with Crippen molar-refractivity contribution in [3.63, 3.8) is 0 Å². The number of amides is 2. The van der Waals surface area contributed by atoms with Gasteiger partial charge in [0.25, 0.3) is 11.8 Å². The van der Waals surface area contributed by atoms with Crippen molar-refractivity contribution in [2.75, 3.05) is 5.32 Å². The Bertz CT molecular complexity index is 814. The van der Waals surface area contributed by atoms with Gasteiger partial charge in [0, 0.05) is 12.4 Å². The maximum absolute atomic E-state index is 12.7. The molecule has 5 N–H and O–H groups in total. The predicted molar refractivity (Wildman–Crippen MR) is 89.4 cm³/mol. The number of hydrogen-bond acceptors (Lipinski definition) is 5. The van der Waals surface area contributed by atoms with Gasteiger partial charge in [-0.15, -0.1) is 0 Å². The normalized spacial score (nSPS) is 22.2. The largest absolute Gasteiger partial charge is 0.367 e. The van der Waals surface area contributed by atoms with Crippen LogP contribution in [0.5, 0.6) is 0 Å². The van der Waals surface area contributed by atoms with Gasteiger partial charge in [0.2, 0.25) is 5.95 Å². The highest BCUT2D eigenvalue weighted by atomic mass is 16.2. The molecule has 8 heteroatoms. The minimum atomic E-state index is -1.44. The van der Waals surface area contributed by atoms with Gasteiger partial charge in [-0.25, -0.2) is 4.98 Å². The Kier molecular flexibility index (Phi) is 3.80. The number of aryl methyl sites for hydroxylation is 2. The number of nitrogens with zero attached hydrogens (tertiary/aromatic N) is 2. The number of hydrogen-bond donors (Lipinski definition) is 4. The van der Waals surface area contributed by atoms with E-state index in [0.29, 0.717) is 5.56 Å². The molecule has 0 spiro atoms. The van der Waals surface area contributed by atoms with Crippen molar-refractivity contribution in [1.82, 2.24) is 15.3 Å². The van der Waals surface area contributed by atoms with Crippen LogP contribution in [-0.4, -0.2) is 34.2 Å². The van der Waals surface area contributed by atoms with Crippen LogP contribution in [0.15, 0.2) is 35.6 Å². The third kappa shape index (κ3) is 2.41. The lowest BCUT2D eigenvalue weighted by Crippen LogP contribution is -2.59. The summed E-state index contributed by atoms with van der Waals surface area (Å²) in [7, 11) is 0. The van der Waals surface area contributed by atoms with E-state index in [0.717, 1.165) is 11.1 Å². The number of aliphatic imine (C=N–C) groups is 1. The Morgan fingerprint density at radius 1 is 1.33 bits per heavy atom. The summed E-state index contributed by atoms with van der Waals surface area (Å²) >= 11 is 0. The number of benzene rings is 1. The van der Waals surface area contributed by atoms with Crippen LogP contribution < -0.4 is 16.4 Å². The number of nitrogens with one attached hydrogen (secondary N) is 3. The van der Waals surface area contributed by atoms with Crippen molar-refractivity contribution >= 4 is 24.1 Å². The summed E-state index contributed by atoms with van der Waals surface area (Å²) in [5.74, 6) is -0.877. The van der Waals surface area contributed by atoms with Crippen molar-refractivity contribution in [2.24, 2.45) is 10.7 Å². The number of primary amides is 1. The molecule has 2 heterocycles. The molecule has 8 nitrogen and oxygen atoms in total. The van der Waals surface area contributed by atoms with Crippen LogP contribution in [0.1, 0.15) is 16.7 Å². The van der Waals surface area contributed by atoms with Gasteiger partial charge < -0.3 is 16.0 Å². The molecule has 2 aromatic rings. The zero-order chi connectivity index (χ0) is 17.3. The molecule has 1 aliphatic rings. The molecular weight excluding hydrogens is 308 g/mol. The van der Waals surface area contributed by atoms with E-state index < -0.39 is 23.4 Å². The number of aromatic amines is 1. The Hall–Kier alpha value is -3.16. The van der Waals surface area contributed by atoms with Gasteiger partial charge >= 0.3 is 0 Å². The Morgan fingerprint density at radius 3 is 2.75 bits per heavy atom. The first-order chi connectivity index (χ1) is 11.4. The van der Waals surface area contributed by atoms with Crippen LogP contribution >= 0.6 is 0 Å². The number of anilines is 1. The van der Waals surface area contributed by atoms with Crippen molar-refractivity contribution in [3.05, 3.63) is 47.3 Å². The number of carbonyl (C=O) groups is 2. The first kappa shape index (κ1) is 15.7. The summed E-state index contributed by atoms with van der Waals surface area (Å²) in [5, 5.41) is 5.51. The second-order valence-electron chi connectivity index (χ2n) is 5.74. The summed E-state index contributed by atoms with van der Waals surface area (Å²) in [4.78, 5) is 35.9. The average molecular weight is 326 g/mol. The predicted octanol–water partition coefficient (Wildman–Crippen LogP) is 0.346. The molecule has 0 bridgehead atoms. The fraction of sp³-hybridized carbons (Fsp3) is 0.250. The molecule has 1 aromatic carbocycles. The highest BCUT2D eigenvalue weighted by molar-refractivity contribution is 6.04. The van der Waals surface area contributed by atoms with Crippen LogP contribution in [0, 0.1) is 13.8 Å². The number of nitrogens with two attached hydrogens (primary N) is 1. The maximum atomic E-state index is 12.7. The van der Waals surface area contributed by atoms with Gasteiger partial charge in [0.15, 0.2) is 11.6 Å². The summed E-state index contributed by atoms with van der Waals surface area (Å²) in [6, 6.07) is 4.56. The molecule has 3 rings (SSSR count). The van der Waals surface area contributed by atoms with E-state index in [1.165, 1.54) is 12.5 Å². The summed E-state index contributed by atoms with van der Waals surface area (Å²) in [5.41, 5.74) is 6.77. The van der Waals surface area contributed by atoms with Crippen molar-refractivity contribution < 1.29 is 9.59 Å². The van der Waals surface area contributed by atoms with Crippen LogP contribution in [-0.2, 0) is 15.1 Å². The monoisotopic (exact) mass is 326 g/mol. The Labute approximate surface area is 138 Å². The molecule has 2 atom stereocenters. The van der Waals surface area contributed by atoms with Gasteiger partial charge in [0.05, 0.1) is 6.34 Å². The highest BCUT2D eigenvalue weighted by Crippen LogP contribution is 2.33. The lowest BCUT2D eigenvalue weighted by atomic mass is 9.80. The third-order valence-electron chi connectivity index (χ3n) is 4.11. The zero-order valence-electron chi connectivity index (χ0n) is 13.3. The molecule has 0 saturated carbocycles. The summed E-state index contributed by atoms with van der Waals surface area (Å²) in [6.07, 6.45) is 4.44. The molecule has 0 saturated heterocycles. The van der Waals surface area contributed by atoms with E-state index in [-0.39, 0.29) is 5.95 Å². The number of imidazole rings is 1. The van der Waals surface area contributed by atoms with Crippen molar-refractivity contribution in [1.29, 1.82) is 0 Å². The lowest BCUT2D eigenvalue weighted by molar-refractivity contribution is -0.129. The molecule has 2 unspecified atom stereocenters. The van der Waals surface area contributed by atoms with Crippen LogP contribution in [0.4, 0.5) is 5.95 Å². The van der Waals surface area contributed by atoms with E-state index in [2.05, 4.69) is 25.6 Å². The molecule has 1 aromatic heterocycles. The fourth-order valence-electron chi connectivity index (χ4n) is 3.01. The topological polar surface area (TPSA) is 125 Å². The van der Waals surface area contributed by atoms with E-state index in [4.69, 9.17) is 5.73 Å². The zero-order valence-corrected chi connectivity index (χ0v) is 13.3. The lowest BCUT2D eigenvalue weighted by Gasteiger charge is -2.32. The quantitative estimate of drug-likeness (QED) is 0.646. The molecule has 0 radical (unpaired) electrons. The van der Waals surface area contributed by atoms with Gasteiger partial charge in [0.1, 0.15) is 0 Å². The second kappa shape index (κ2) is 5.80. The molecule has 1 aliphatic heterocycles. The Balaban J connectivity index is 2.02. The SMILES string of the molecule is Cc1ccc(C2(C(N)=O)NC=NC2C(=O)Nc2ncc[nH]2)c(C)c1. The van der Waals surface area contributed by atoms with Crippen molar-refractivity contribution in [3.8, 4) is 0 Å². The molecule has 124 valence electrons. The summed E-state index contributed by atoms with van der Waals surface area (Å²) < 4.78 is 0. The highest BCUT2D eigenvalue weighted by Gasteiger charge is 2.52. The first-order valence-electron chi connectivity index (χ1n) is 7.42. The number of aromatic nitrogens is 2. The van der Waals surface area contributed by atoms with Crippen molar-refractivity contribution in [2.45, 2.75) is 25.4 Å². The van der Waals surface area contributed by atoms with Crippen LogP contribution in [0.2, 0.25) is 0 Å². The Morgan fingerprint density at radius 2 is 2.12 bits per heavy atom. The number of rotatable bonds is 4. The van der Waals surface area contributed by atoms with E-state index in [1.54, 1.807) is 12.3 Å².